The van der Waals surface area contributed by atoms with Gasteiger partial charge < -0.3 is 14.7 Å². The summed E-state index contributed by atoms with van der Waals surface area (Å²) in [7, 11) is 0. The van der Waals surface area contributed by atoms with E-state index in [-0.39, 0.29) is 5.76 Å². The Labute approximate surface area is 89.6 Å². The van der Waals surface area contributed by atoms with Gasteiger partial charge in [-0.15, -0.1) is 0 Å². The van der Waals surface area contributed by atoms with Gasteiger partial charge >= 0.3 is 0 Å². The number of hydrogen-bond acceptors (Lipinski definition) is 3. The van der Waals surface area contributed by atoms with Gasteiger partial charge in [0.05, 0.1) is 13.2 Å². The lowest BCUT2D eigenvalue weighted by Gasteiger charge is -2.28. The van der Waals surface area contributed by atoms with Crippen molar-refractivity contribution in [1.29, 1.82) is 0 Å². The molecule has 1 saturated heterocycles. The van der Waals surface area contributed by atoms with Crippen LogP contribution in [-0.2, 0) is 4.74 Å². The van der Waals surface area contributed by atoms with Crippen molar-refractivity contribution < 1.29 is 9.84 Å². The molecule has 1 fully saturated rings. The topological polar surface area (TPSA) is 32.7 Å². The number of aliphatic hydroxyl groups excluding tert-OH is 1. The van der Waals surface area contributed by atoms with Gasteiger partial charge in [0.2, 0.25) is 0 Å². The van der Waals surface area contributed by atoms with E-state index in [1.165, 1.54) is 5.69 Å². The maximum atomic E-state index is 9.20. The summed E-state index contributed by atoms with van der Waals surface area (Å²) in [6.07, 6.45) is 0. The fraction of sp³-hybridized carbons (Fsp3) is 0.333. The molecule has 80 valence electrons. The maximum Gasteiger partial charge on any atom is 0.115 e. The number of ether oxygens (including phenoxy) is 1. The summed E-state index contributed by atoms with van der Waals surface area (Å²) in [5.74, 6) is 0.114. The van der Waals surface area contributed by atoms with Crippen molar-refractivity contribution in [2.75, 3.05) is 31.2 Å². The highest BCUT2D eigenvalue weighted by Crippen LogP contribution is 2.18. The van der Waals surface area contributed by atoms with Crippen molar-refractivity contribution in [3.63, 3.8) is 0 Å². The molecule has 3 heteroatoms. The third-order valence-corrected chi connectivity index (χ3v) is 2.58. The van der Waals surface area contributed by atoms with Gasteiger partial charge in [0.25, 0.3) is 0 Å². The van der Waals surface area contributed by atoms with E-state index in [1.54, 1.807) is 0 Å². The van der Waals surface area contributed by atoms with Crippen LogP contribution in [0, 0.1) is 0 Å². The summed E-state index contributed by atoms with van der Waals surface area (Å²) in [5, 5.41) is 9.20. The molecule has 1 heterocycles. The SMILES string of the molecule is C=C(O)c1ccc(N2CCOCC2)cc1. The van der Waals surface area contributed by atoms with Gasteiger partial charge in [-0.3, -0.25) is 0 Å². The summed E-state index contributed by atoms with van der Waals surface area (Å²) in [4.78, 5) is 2.27. The molecule has 0 spiro atoms. The number of rotatable bonds is 2. The summed E-state index contributed by atoms with van der Waals surface area (Å²) in [6, 6.07) is 7.77. The number of hydrogen-bond donors (Lipinski definition) is 1. The van der Waals surface area contributed by atoms with Crippen LogP contribution in [0.4, 0.5) is 5.69 Å². The van der Waals surface area contributed by atoms with Crippen molar-refractivity contribution >= 4 is 11.4 Å². The molecule has 0 saturated carbocycles. The van der Waals surface area contributed by atoms with Crippen LogP contribution in [0.5, 0.6) is 0 Å². The van der Waals surface area contributed by atoms with Gasteiger partial charge in [-0.1, -0.05) is 6.58 Å². The average Bonchev–Trinajstić information content (AvgIpc) is 2.30. The average molecular weight is 205 g/mol. The van der Waals surface area contributed by atoms with Crippen LogP contribution in [0.15, 0.2) is 30.8 Å². The summed E-state index contributed by atoms with van der Waals surface area (Å²) in [5.41, 5.74) is 1.94. The molecule has 0 amide bonds. The van der Waals surface area contributed by atoms with Crippen LogP contribution in [0.25, 0.3) is 5.76 Å². The first-order chi connectivity index (χ1) is 7.27. The van der Waals surface area contributed by atoms with E-state index in [0.29, 0.717) is 0 Å². The van der Waals surface area contributed by atoms with E-state index < -0.39 is 0 Å². The van der Waals surface area contributed by atoms with Crippen molar-refractivity contribution in [3.05, 3.63) is 36.4 Å². The molecular formula is C12H15NO2. The largest absolute Gasteiger partial charge is 0.508 e. The summed E-state index contributed by atoms with van der Waals surface area (Å²) in [6.45, 7) is 6.92. The van der Waals surface area contributed by atoms with Crippen molar-refractivity contribution in [3.8, 4) is 0 Å². The van der Waals surface area contributed by atoms with Gasteiger partial charge in [0.1, 0.15) is 5.76 Å². The van der Waals surface area contributed by atoms with Crippen LogP contribution in [0.2, 0.25) is 0 Å². The standard InChI is InChI=1S/C12H15NO2/c1-10(14)11-2-4-12(5-3-11)13-6-8-15-9-7-13/h2-5,14H,1,6-9H2. The molecule has 0 unspecified atom stereocenters. The highest BCUT2D eigenvalue weighted by Gasteiger charge is 2.10. The van der Waals surface area contributed by atoms with Gasteiger partial charge in [-0.25, -0.2) is 0 Å². The maximum absolute atomic E-state index is 9.20. The first-order valence-corrected chi connectivity index (χ1v) is 5.08. The quantitative estimate of drug-likeness (QED) is 0.750. The van der Waals surface area contributed by atoms with Crippen molar-refractivity contribution in [2.45, 2.75) is 0 Å². The lowest BCUT2D eigenvalue weighted by atomic mass is 10.1. The highest BCUT2D eigenvalue weighted by atomic mass is 16.5. The van der Waals surface area contributed by atoms with Crippen molar-refractivity contribution in [2.24, 2.45) is 0 Å². The fourth-order valence-electron chi connectivity index (χ4n) is 1.69. The minimum absolute atomic E-state index is 0.114. The number of nitrogens with zero attached hydrogens (tertiary/aromatic N) is 1. The number of anilines is 1. The van der Waals surface area contributed by atoms with Gasteiger partial charge in [-0.2, -0.15) is 0 Å². The molecule has 15 heavy (non-hydrogen) atoms. The van der Waals surface area contributed by atoms with Crippen LogP contribution in [-0.4, -0.2) is 31.4 Å². The third kappa shape index (κ3) is 2.30. The molecule has 1 aromatic carbocycles. The molecule has 2 rings (SSSR count). The smallest absolute Gasteiger partial charge is 0.115 e. The predicted molar refractivity (Wildman–Crippen MR) is 61.1 cm³/mol. The Hall–Kier alpha value is -1.48. The monoisotopic (exact) mass is 205 g/mol. The second kappa shape index (κ2) is 4.36. The molecule has 1 N–H and O–H groups in total. The molecule has 0 atom stereocenters. The molecule has 1 aliphatic heterocycles. The first-order valence-electron chi connectivity index (χ1n) is 5.08. The van der Waals surface area contributed by atoms with E-state index in [1.807, 2.05) is 24.3 Å². The molecular weight excluding hydrogens is 190 g/mol. The van der Waals surface area contributed by atoms with Crippen LogP contribution in [0.3, 0.4) is 0 Å². The molecule has 0 aromatic heterocycles. The van der Waals surface area contributed by atoms with Gasteiger partial charge in [0, 0.05) is 24.3 Å². The molecule has 1 aliphatic rings. The predicted octanol–water partition coefficient (Wildman–Crippen LogP) is 2.05. The van der Waals surface area contributed by atoms with Crippen LogP contribution in [0.1, 0.15) is 5.56 Å². The van der Waals surface area contributed by atoms with Crippen molar-refractivity contribution in [1.82, 2.24) is 0 Å². The summed E-state index contributed by atoms with van der Waals surface area (Å²) >= 11 is 0. The van der Waals surface area contributed by atoms with E-state index in [9.17, 15) is 5.11 Å². The Balaban J connectivity index is 2.11. The molecule has 0 aliphatic carbocycles. The van der Waals surface area contributed by atoms with E-state index in [0.717, 1.165) is 31.9 Å². The molecule has 3 nitrogen and oxygen atoms in total. The molecule has 1 aromatic rings. The lowest BCUT2D eigenvalue weighted by molar-refractivity contribution is 0.122. The normalized spacial score (nSPS) is 16.4. The lowest BCUT2D eigenvalue weighted by Crippen LogP contribution is -2.36. The number of benzene rings is 1. The Morgan fingerprint density at radius 2 is 1.80 bits per heavy atom. The summed E-state index contributed by atoms with van der Waals surface area (Å²) < 4.78 is 5.29. The fourth-order valence-corrected chi connectivity index (χ4v) is 1.69. The number of aliphatic hydroxyl groups is 1. The van der Waals surface area contributed by atoms with Crippen LogP contribution >= 0.6 is 0 Å². The minimum Gasteiger partial charge on any atom is -0.508 e. The third-order valence-electron chi connectivity index (χ3n) is 2.58. The Morgan fingerprint density at radius 1 is 1.20 bits per heavy atom. The van der Waals surface area contributed by atoms with E-state index in [2.05, 4.69) is 11.5 Å². The zero-order valence-electron chi connectivity index (χ0n) is 8.65. The second-order valence-corrected chi connectivity index (χ2v) is 3.59. The van der Waals surface area contributed by atoms with E-state index >= 15 is 0 Å². The molecule has 0 bridgehead atoms. The van der Waals surface area contributed by atoms with Gasteiger partial charge in [-0.05, 0) is 24.3 Å². The molecule has 0 radical (unpaired) electrons. The van der Waals surface area contributed by atoms with Crippen LogP contribution < -0.4 is 4.90 Å². The zero-order valence-corrected chi connectivity index (χ0v) is 8.65. The van der Waals surface area contributed by atoms with E-state index in [4.69, 9.17) is 4.74 Å². The highest BCUT2D eigenvalue weighted by molar-refractivity contribution is 5.60. The zero-order chi connectivity index (χ0) is 10.7. The Morgan fingerprint density at radius 3 is 2.33 bits per heavy atom. The van der Waals surface area contributed by atoms with Gasteiger partial charge in [0.15, 0.2) is 0 Å². The second-order valence-electron chi connectivity index (χ2n) is 3.59. The Bertz CT molecular complexity index is 339. The first kappa shape index (κ1) is 10.1. The minimum atomic E-state index is 0.114. The number of morpholine rings is 1. The Kier molecular flexibility index (Phi) is 2.92.